The molecule has 0 saturated heterocycles. The number of carbonyl (C=O) groups excluding carboxylic acids is 1. The molecular formula is C25H28FNO4. The van der Waals surface area contributed by atoms with Crippen LogP contribution in [-0.2, 0) is 22.6 Å². The highest BCUT2D eigenvalue weighted by molar-refractivity contribution is 5.83. The van der Waals surface area contributed by atoms with E-state index in [9.17, 15) is 19.1 Å². The summed E-state index contributed by atoms with van der Waals surface area (Å²) in [6.45, 7) is 5.40. The van der Waals surface area contributed by atoms with Gasteiger partial charge in [0, 0.05) is 23.2 Å². The second kappa shape index (κ2) is 9.43. The van der Waals surface area contributed by atoms with Gasteiger partial charge in [-0.2, -0.15) is 0 Å². The molecule has 0 unspecified atom stereocenters. The lowest BCUT2D eigenvalue weighted by Gasteiger charge is -2.19. The maximum absolute atomic E-state index is 13.4. The van der Waals surface area contributed by atoms with Crippen LogP contribution in [0.15, 0.2) is 53.3 Å². The molecule has 164 valence electrons. The van der Waals surface area contributed by atoms with Crippen molar-refractivity contribution in [3.05, 3.63) is 76.0 Å². The van der Waals surface area contributed by atoms with Crippen LogP contribution >= 0.6 is 0 Å². The van der Waals surface area contributed by atoms with Gasteiger partial charge < -0.3 is 9.84 Å². The molecule has 0 fully saturated rings. The van der Waals surface area contributed by atoms with Gasteiger partial charge in [-0.25, -0.2) is 4.39 Å². The van der Waals surface area contributed by atoms with Gasteiger partial charge in [0.1, 0.15) is 11.4 Å². The summed E-state index contributed by atoms with van der Waals surface area (Å²) in [5.41, 5.74) is 1.37. The Hall–Kier alpha value is -2.99. The molecule has 1 heterocycles. The van der Waals surface area contributed by atoms with Gasteiger partial charge in [0.05, 0.1) is 6.61 Å². The predicted molar refractivity (Wildman–Crippen MR) is 119 cm³/mol. The largest absolute Gasteiger partial charge is 0.460 e. The van der Waals surface area contributed by atoms with E-state index in [1.165, 1.54) is 12.1 Å². The van der Waals surface area contributed by atoms with Gasteiger partial charge in [0.15, 0.2) is 0 Å². The van der Waals surface area contributed by atoms with Crippen molar-refractivity contribution in [1.29, 1.82) is 0 Å². The van der Waals surface area contributed by atoms with Crippen molar-refractivity contribution in [2.24, 2.45) is 0 Å². The van der Waals surface area contributed by atoms with Crippen LogP contribution in [0.3, 0.4) is 0 Å². The molecule has 3 aromatic rings. The van der Waals surface area contributed by atoms with E-state index in [1.54, 1.807) is 34.9 Å². The van der Waals surface area contributed by atoms with Gasteiger partial charge in [-0.1, -0.05) is 6.07 Å². The number of esters is 1. The van der Waals surface area contributed by atoms with Gasteiger partial charge in [0.25, 0.3) is 5.56 Å². The molecule has 3 rings (SSSR count). The van der Waals surface area contributed by atoms with E-state index in [2.05, 4.69) is 0 Å². The van der Waals surface area contributed by atoms with E-state index in [-0.39, 0.29) is 24.0 Å². The van der Waals surface area contributed by atoms with Gasteiger partial charge in [0.2, 0.25) is 0 Å². The molecule has 5 nitrogen and oxygen atoms in total. The number of benzene rings is 2. The number of carbonyl (C=O) groups is 1. The summed E-state index contributed by atoms with van der Waals surface area (Å²) < 4.78 is 20.4. The molecule has 0 amide bonds. The highest BCUT2D eigenvalue weighted by Crippen LogP contribution is 2.20. The molecule has 1 N–H and O–H groups in total. The number of aliphatic hydroxyl groups excluding tert-OH is 1. The molecule has 0 spiro atoms. The number of pyridine rings is 1. The first-order valence-electron chi connectivity index (χ1n) is 10.4. The molecule has 1 aromatic heterocycles. The van der Waals surface area contributed by atoms with E-state index < -0.39 is 5.60 Å². The lowest BCUT2D eigenvalue weighted by atomic mass is 10.0. The number of fused-ring (bicyclic) bond motifs is 1. The summed E-state index contributed by atoms with van der Waals surface area (Å²) in [5, 5.41) is 10.7. The van der Waals surface area contributed by atoms with Crippen LogP contribution in [0.2, 0.25) is 0 Å². The van der Waals surface area contributed by atoms with Gasteiger partial charge in [-0.3, -0.25) is 14.2 Å². The van der Waals surface area contributed by atoms with E-state index in [0.717, 1.165) is 16.6 Å². The van der Waals surface area contributed by atoms with Crippen LogP contribution in [0.25, 0.3) is 16.5 Å². The zero-order valence-corrected chi connectivity index (χ0v) is 18.2. The zero-order chi connectivity index (χ0) is 22.6. The highest BCUT2D eigenvalue weighted by Gasteiger charge is 2.16. The van der Waals surface area contributed by atoms with Crippen molar-refractivity contribution in [2.45, 2.75) is 58.7 Å². The number of nitrogens with zero attached hydrogens (tertiary/aromatic N) is 1. The fraction of sp³-hybridized carbons (Fsp3) is 0.360. The Morgan fingerprint density at radius 1 is 1.06 bits per heavy atom. The summed E-state index contributed by atoms with van der Waals surface area (Å²) in [6, 6.07) is 13.0. The van der Waals surface area contributed by atoms with Gasteiger partial charge in [-0.15, -0.1) is 0 Å². The van der Waals surface area contributed by atoms with E-state index in [4.69, 9.17) is 4.74 Å². The first kappa shape index (κ1) is 22.7. The molecule has 0 radical (unpaired) electrons. The molecule has 0 saturated carbocycles. The number of hydrogen-bond acceptors (Lipinski definition) is 4. The van der Waals surface area contributed by atoms with Crippen LogP contribution in [0.5, 0.6) is 0 Å². The van der Waals surface area contributed by atoms with Gasteiger partial charge in [-0.05, 0) is 93.4 Å². The number of hydrogen-bond donors (Lipinski definition) is 1. The molecule has 2 aromatic carbocycles. The van der Waals surface area contributed by atoms with Crippen molar-refractivity contribution in [2.75, 3.05) is 0 Å². The van der Waals surface area contributed by atoms with Crippen molar-refractivity contribution in [3.63, 3.8) is 0 Å². The summed E-state index contributed by atoms with van der Waals surface area (Å²) in [4.78, 5) is 25.2. The Bertz CT molecular complexity index is 1130. The minimum absolute atomic E-state index is 0.109. The Balaban J connectivity index is 1.90. The van der Waals surface area contributed by atoms with Crippen molar-refractivity contribution in [3.8, 4) is 5.69 Å². The van der Waals surface area contributed by atoms with Crippen LogP contribution < -0.4 is 5.56 Å². The number of aryl methyl sites for hydroxylation is 1. The summed E-state index contributed by atoms with van der Waals surface area (Å²) in [6.07, 6.45) is 2.18. The summed E-state index contributed by atoms with van der Waals surface area (Å²) in [5.74, 6) is -0.612. The number of ether oxygens (including phenoxy) is 1. The zero-order valence-electron chi connectivity index (χ0n) is 18.2. The fourth-order valence-corrected chi connectivity index (χ4v) is 3.54. The maximum atomic E-state index is 13.4. The van der Waals surface area contributed by atoms with Gasteiger partial charge >= 0.3 is 5.97 Å². The number of unbranched alkanes of at least 4 members (excludes halogenated alkanes) is 1. The predicted octanol–water partition coefficient (Wildman–Crippen LogP) is 4.68. The number of aromatic nitrogens is 1. The molecule has 0 aliphatic heterocycles. The van der Waals surface area contributed by atoms with E-state index in [0.29, 0.717) is 36.8 Å². The van der Waals surface area contributed by atoms with E-state index >= 15 is 0 Å². The second-order valence-corrected chi connectivity index (χ2v) is 8.63. The average molecular weight is 426 g/mol. The third kappa shape index (κ3) is 5.79. The number of rotatable bonds is 7. The minimum Gasteiger partial charge on any atom is -0.460 e. The lowest BCUT2D eigenvalue weighted by Crippen LogP contribution is -2.24. The molecule has 31 heavy (non-hydrogen) atoms. The highest BCUT2D eigenvalue weighted by atomic mass is 19.1. The van der Waals surface area contributed by atoms with Crippen molar-refractivity contribution >= 4 is 16.7 Å². The third-order valence-electron chi connectivity index (χ3n) is 4.91. The Morgan fingerprint density at radius 3 is 2.42 bits per heavy atom. The standard InChI is InChI=1S/C25H28FNO4/c1-25(2,3)31-23(29)7-5-4-6-21-15-18-14-17(16-28)8-13-22(18)24(30)27(21)20-11-9-19(26)10-12-20/h8-15,28H,4-7,16H2,1-3H3. The molecule has 0 aliphatic rings. The fourth-order valence-electron chi connectivity index (χ4n) is 3.54. The normalized spacial score (nSPS) is 11.6. The first-order valence-corrected chi connectivity index (χ1v) is 10.4. The molecule has 0 atom stereocenters. The lowest BCUT2D eigenvalue weighted by molar-refractivity contribution is -0.154. The van der Waals surface area contributed by atoms with Crippen molar-refractivity contribution in [1.82, 2.24) is 4.57 Å². The molecule has 6 heteroatoms. The average Bonchev–Trinajstić information content (AvgIpc) is 2.70. The SMILES string of the molecule is CC(C)(C)OC(=O)CCCCc1cc2cc(CO)ccc2c(=O)n1-c1ccc(F)cc1. The monoisotopic (exact) mass is 425 g/mol. The molecular weight excluding hydrogens is 397 g/mol. The van der Waals surface area contributed by atoms with Crippen molar-refractivity contribution < 1.29 is 19.0 Å². The topological polar surface area (TPSA) is 68.5 Å². The Kier molecular flexibility index (Phi) is 6.91. The summed E-state index contributed by atoms with van der Waals surface area (Å²) >= 11 is 0. The first-order chi connectivity index (χ1) is 14.7. The second-order valence-electron chi connectivity index (χ2n) is 8.63. The Morgan fingerprint density at radius 2 is 1.77 bits per heavy atom. The van der Waals surface area contributed by atoms with Crippen LogP contribution in [-0.4, -0.2) is 21.2 Å². The number of halogens is 1. The Labute approximate surface area is 181 Å². The van der Waals surface area contributed by atoms with E-state index in [1.807, 2.05) is 26.8 Å². The third-order valence-corrected chi connectivity index (χ3v) is 4.91. The maximum Gasteiger partial charge on any atom is 0.306 e. The smallest absolute Gasteiger partial charge is 0.306 e. The number of aliphatic hydroxyl groups is 1. The summed E-state index contributed by atoms with van der Waals surface area (Å²) in [7, 11) is 0. The minimum atomic E-state index is -0.511. The van der Waals surface area contributed by atoms with Crippen LogP contribution in [0.4, 0.5) is 4.39 Å². The molecule has 0 aliphatic carbocycles. The molecule has 0 bridgehead atoms. The van der Waals surface area contributed by atoms with Crippen LogP contribution in [0.1, 0.15) is 51.3 Å². The quantitative estimate of drug-likeness (QED) is 0.441. The van der Waals surface area contributed by atoms with Crippen LogP contribution in [0, 0.1) is 5.82 Å².